The molecule has 0 saturated heterocycles. The molecule has 0 spiro atoms. The van der Waals surface area contributed by atoms with Gasteiger partial charge in [0.25, 0.3) is 0 Å². The Labute approximate surface area is 208 Å². The molecule has 0 amide bonds. The van der Waals surface area contributed by atoms with Crippen molar-refractivity contribution < 1.29 is 18.7 Å². The van der Waals surface area contributed by atoms with Crippen LogP contribution in [0, 0.1) is 9.39 Å². The van der Waals surface area contributed by atoms with E-state index < -0.39 is 11.8 Å². The van der Waals surface area contributed by atoms with Crippen molar-refractivity contribution in [2.75, 3.05) is 0 Å². The topological polar surface area (TPSA) is 47.9 Å². The lowest BCUT2D eigenvalue weighted by Crippen LogP contribution is -2.07. The number of ether oxygens (including phenoxy) is 2. The molecule has 0 fully saturated rings. The molecule has 31 heavy (non-hydrogen) atoms. The molecule has 4 nitrogen and oxygen atoms in total. The van der Waals surface area contributed by atoms with Crippen molar-refractivity contribution in [2.45, 2.75) is 6.61 Å². The largest absolute Gasteiger partial charge is 0.486 e. The van der Waals surface area contributed by atoms with Gasteiger partial charge in [-0.2, -0.15) is 0 Å². The first-order valence-electron chi connectivity index (χ1n) is 9.05. The Balaban J connectivity index is 1.58. The van der Waals surface area contributed by atoms with Crippen molar-refractivity contribution in [3.8, 4) is 5.75 Å². The first-order chi connectivity index (χ1) is 14.9. The Hall–Kier alpha value is -2.04. The Morgan fingerprint density at radius 3 is 2.45 bits per heavy atom. The number of rotatable bonds is 5. The molecular weight excluding hydrogens is 644 g/mol. The summed E-state index contributed by atoms with van der Waals surface area (Å²) in [5, 5.41) is 0. The molecule has 156 valence electrons. The van der Waals surface area contributed by atoms with Gasteiger partial charge >= 0.3 is 5.97 Å². The van der Waals surface area contributed by atoms with Crippen molar-refractivity contribution in [2.24, 2.45) is 4.99 Å². The van der Waals surface area contributed by atoms with Gasteiger partial charge in [-0.1, -0.05) is 30.3 Å². The summed E-state index contributed by atoms with van der Waals surface area (Å²) in [5.41, 5.74) is 2.01. The van der Waals surface area contributed by atoms with Crippen LogP contribution >= 0.6 is 54.5 Å². The van der Waals surface area contributed by atoms with Crippen molar-refractivity contribution in [1.82, 2.24) is 0 Å². The van der Waals surface area contributed by atoms with Crippen molar-refractivity contribution in [1.29, 1.82) is 0 Å². The predicted molar refractivity (Wildman–Crippen MR) is 132 cm³/mol. The summed E-state index contributed by atoms with van der Waals surface area (Å²) in [6, 6.07) is 17.6. The van der Waals surface area contributed by atoms with Crippen LogP contribution in [0.2, 0.25) is 0 Å². The second kappa shape index (κ2) is 9.62. The lowest BCUT2D eigenvalue weighted by molar-refractivity contribution is -0.129. The first-order valence-corrected chi connectivity index (χ1v) is 11.7. The third-order valence-electron chi connectivity index (χ3n) is 4.38. The van der Waals surface area contributed by atoms with Crippen LogP contribution in [0.3, 0.4) is 0 Å². The molecule has 0 unspecified atom stereocenters. The van der Waals surface area contributed by atoms with E-state index in [2.05, 4.69) is 59.4 Å². The zero-order chi connectivity index (χ0) is 22.0. The second-order valence-corrected chi connectivity index (χ2v) is 9.38. The van der Waals surface area contributed by atoms with Gasteiger partial charge in [-0.15, -0.1) is 0 Å². The average Bonchev–Trinajstić information content (AvgIpc) is 3.09. The number of cyclic esters (lactones) is 1. The summed E-state index contributed by atoms with van der Waals surface area (Å²) in [6.07, 6.45) is 1.58. The molecule has 1 heterocycles. The van der Waals surface area contributed by atoms with Gasteiger partial charge in [0.15, 0.2) is 5.70 Å². The van der Waals surface area contributed by atoms with E-state index in [0.29, 0.717) is 26.9 Å². The molecular formula is C23H13Br2FINO3. The van der Waals surface area contributed by atoms with Crippen LogP contribution < -0.4 is 4.74 Å². The predicted octanol–water partition coefficient (Wildman–Crippen LogP) is 6.88. The van der Waals surface area contributed by atoms with Crippen LogP contribution in [0.5, 0.6) is 5.75 Å². The van der Waals surface area contributed by atoms with Gasteiger partial charge in [-0.05, 0) is 96.4 Å². The van der Waals surface area contributed by atoms with Crippen LogP contribution in [0.15, 0.2) is 80.3 Å². The molecule has 0 atom stereocenters. The van der Waals surface area contributed by atoms with E-state index in [0.717, 1.165) is 9.13 Å². The summed E-state index contributed by atoms with van der Waals surface area (Å²) < 4.78 is 27.7. The molecule has 1 aliphatic heterocycles. The molecule has 0 bridgehead atoms. The lowest BCUT2D eigenvalue weighted by atomic mass is 10.2. The fraction of sp³-hybridized carbons (Fsp3) is 0.0435. The fourth-order valence-electron chi connectivity index (χ4n) is 2.88. The van der Waals surface area contributed by atoms with E-state index >= 15 is 0 Å². The smallest absolute Gasteiger partial charge is 0.363 e. The number of aliphatic imine (C=N–C) groups is 1. The molecule has 0 radical (unpaired) electrons. The normalized spacial score (nSPS) is 14.5. The fourth-order valence-corrected chi connectivity index (χ4v) is 4.88. The van der Waals surface area contributed by atoms with E-state index in [4.69, 9.17) is 9.47 Å². The number of halogens is 4. The minimum absolute atomic E-state index is 0.0510. The second-order valence-electron chi connectivity index (χ2n) is 6.51. The Bertz CT molecular complexity index is 1220. The van der Waals surface area contributed by atoms with E-state index in [1.54, 1.807) is 18.2 Å². The van der Waals surface area contributed by atoms with Crippen molar-refractivity contribution in [3.05, 3.63) is 101 Å². The van der Waals surface area contributed by atoms with Crippen molar-refractivity contribution >= 4 is 72.4 Å². The molecule has 0 aromatic heterocycles. The number of carbonyl (C=O) groups excluding carboxylic acids is 1. The summed E-state index contributed by atoms with van der Waals surface area (Å²) in [7, 11) is 0. The summed E-state index contributed by atoms with van der Waals surface area (Å²) in [6.45, 7) is 0.416. The first kappa shape index (κ1) is 22.2. The van der Waals surface area contributed by atoms with Crippen LogP contribution in [-0.2, 0) is 16.1 Å². The standard InChI is InChI=1S/C23H13Br2FINO3/c24-16-9-13(10-17(25)21(16)30-12-14-5-1-4-8-19(14)27)11-20-23(29)31-22(28-20)15-6-2-3-7-18(15)26/h1-11H,12H2/b20-11-. The summed E-state index contributed by atoms with van der Waals surface area (Å²) >= 11 is 9.32. The maximum atomic E-state index is 14.0. The Morgan fingerprint density at radius 2 is 1.74 bits per heavy atom. The maximum Gasteiger partial charge on any atom is 0.363 e. The van der Waals surface area contributed by atoms with Gasteiger partial charge in [0, 0.05) is 9.13 Å². The third-order valence-corrected chi connectivity index (χ3v) is 6.61. The number of benzene rings is 3. The van der Waals surface area contributed by atoms with E-state index in [9.17, 15) is 9.18 Å². The SMILES string of the molecule is O=C1OC(c2ccccc2F)=N/C1=C\c1cc(Br)c(OCc2ccccc2I)c(Br)c1. The molecule has 3 aromatic rings. The highest BCUT2D eigenvalue weighted by molar-refractivity contribution is 14.1. The average molecular weight is 657 g/mol. The zero-order valence-electron chi connectivity index (χ0n) is 15.7. The van der Waals surface area contributed by atoms with Gasteiger partial charge in [0.05, 0.1) is 14.5 Å². The molecule has 1 aliphatic rings. The molecule has 8 heteroatoms. The van der Waals surface area contributed by atoms with Crippen LogP contribution in [0.1, 0.15) is 16.7 Å². The van der Waals surface area contributed by atoms with Crippen LogP contribution in [0.25, 0.3) is 6.08 Å². The number of esters is 1. The van der Waals surface area contributed by atoms with Crippen LogP contribution in [0.4, 0.5) is 4.39 Å². The quantitative estimate of drug-likeness (QED) is 0.171. The highest BCUT2D eigenvalue weighted by Gasteiger charge is 2.26. The highest BCUT2D eigenvalue weighted by atomic mass is 127. The molecule has 0 saturated carbocycles. The van der Waals surface area contributed by atoms with Gasteiger partial charge in [-0.3, -0.25) is 0 Å². The third kappa shape index (κ3) is 5.07. The van der Waals surface area contributed by atoms with E-state index in [-0.39, 0.29) is 17.2 Å². The number of carbonyl (C=O) groups is 1. The minimum atomic E-state index is -0.635. The monoisotopic (exact) mass is 655 g/mol. The molecule has 0 N–H and O–H groups in total. The molecule has 3 aromatic carbocycles. The molecule has 4 rings (SSSR count). The summed E-state index contributed by atoms with van der Waals surface area (Å²) in [4.78, 5) is 16.4. The van der Waals surface area contributed by atoms with Crippen molar-refractivity contribution in [3.63, 3.8) is 0 Å². The maximum absolute atomic E-state index is 14.0. The van der Waals surface area contributed by atoms with Gasteiger partial charge in [0.1, 0.15) is 18.2 Å². The van der Waals surface area contributed by atoms with Crippen LogP contribution in [-0.4, -0.2) is 11.9 Å². The number of nitrogens with zero attached hydrogens (tertiary/aromatic N) is 1. The number of hydrogen-bond acceptors (Lipinski definition) is 4. The van der Waals surface area contributed by atoms with E-state index in [1.807, 2.05) is 36.4 Å². The van der Waals surface area contributed by atoms with Gasteiger partial charge in [-0.25, -0.2) is 14.2 Å². The summed E-state index contributed by atoms with van der Waals surface area (Å²) in [5.74, 6) is -0.545. The van der Waals surface area contributed by atoms with Gasteiger partial charge < -0.3 is 9.47 Å². The highest BCUT2D eigenvalue weighted by Crippen LogP contribution is 2.36. The van der Waals surface area contributed by atoms with Gasteiger partial charge in [0.2, 0.25) is 5.90 Å². The minimum Gasteiger partial charge on any atom is -0.486 e. The molecule has 0 aliphatic carbocycles. The zero-order valence-corrected chi connectivity index (χ0v) is 21.1. The Morgan fingerprint density at radius 1 is 1.06 bits per heavy atom. The lowest BCUT2D eigenvalue weighted by Gasteiger charge is -2.12. The number of hydrogen-bond donors (Lipinski definition) is 0. The Kier molecular flexibility index (Phi) is 6.88. The van der Waals surface area contributed by atoms with E-state index in [1.165, 1.54) is 12.1 Å².